The third-order valence-electron chi connectivity index (χ3n) is 2.01. The van der Waals surface area contributed by atoms with Gasteiger partial charge in [-0.1, -0.05) is 34.1 Å². The van der Waals surface area contributed by atoms with Gasteiger partial charge in [0.25, 0.3) is 0 Å². The van der Waals surface area contributed by atoms with Gasteiger partial charge in [-0.2, -0.15) is 0 Å². The van der Waals surface area contributed by atoms with E-state index in [1.807, 2.05) is 0 Å². The molecule has 0 saturated carbocycles. The molecule has 0 amide bonds. The average molecular weight is 224 g/mol. The number of aromatic nitrogens is 1. The summed E-state index contributed by atoms with van der Waals surface area (Å²) in [4.78, 5) is 0. The Bertz CT molecular complexity index is 378. The molecule has 0 aliphatic rings. The number of fused-ring (bicyclic) bond motifs is 1. The summed E-state index contributed by atoms with van der Waals surface area (Å²) >= 11 is 3.44. The van der Waals surface area contributed by atoms with Gasteiger partial charge in [0.1, 0.15) is 0 Å². The molecule has 0 radical (unpaired) electrons. The zero-order valence-electron chi connectivity index (χ0n) is 6.70. The summed E-state index contributed by atoms with van der Waals surface area (Å²) in [6.45, 7) is 1.04. The van der Waals surface area contributed by atoms with Crippen molar-refractivity contribution in [3.05, 3.63) is 36.5 Å². The summed E-state index contributed by atoms with van der Waals surface area (Å²) in [7, 11) is 0. The van der Waals surface area contributed by atoms with Crippen LogP contribution in [0, 0.1) is 0 Å². The maximum Gasteiger partial charge on any atom is 0.0480 e. The summed E-state index contributed by atoms with van der Waals surface area (Å²) < 4.78 is 2.25. The first-order valence-electron chi connectivity index (χ1n) is 4.01. The summed E-state index contributed by atoms with van der Waals surface area (Å²) in [5.74, 6) is 0. The van der Waals surface area contributed by atoms with E-state index in [0.29, 0.717) is 0 Å². The molecule has 2 rings (SSSR count). The van der Waals surface area contributed by atoms with Crippen LogP contribution in [-0.4, -0.2) is 9.90 Å². The van der Waals surface area contributed by atoms with Crippen molar-refractivity contribution in [2.45, 2.75) is 6.54 Å². The molecule has 0 spiro atoms. The Balaban J connectivity index is 2.55. The van der Waals surface area contributed by atoms with Crippen LogP contribution >= 0.6 is 15.9 Å². The van der Waals surface area contributed by atoms with Gasteiger partial charge in [0.05, 0.1) is 0 Å². The molecule has 0 unspecified atom stereocenters. The Labute approximate surface area is 80.1 Å². The van der Waals surface area contributed by atoms with Gasteiger partial charge in [-0.25, -0.2) is 0 Å². The van der Waals surface area contributed by atoms with Gasteiger partial charge in [-0.05, 0) is 17.5 Å². The lowest BCUT2D eigenvalue weighted by atomic mass is 10.2. The first-order chi connectivity index (χ1) is 5.92. The van der Waals surface area contributed by atoms with Crippen LogP contribution in [0.4, 0.5) is 0 Å². The first-order valence-corrected chi connectivity index (χ1v) is 5.14. The van der Waals surface area contributed by atoms with Crippen LogP contribution in [-0.2, 0) is 6.54 Å². The first kappa shape index (κ1) is 7.87. The second-order valence-corrected chi connectivity index (χ2v) is 3.55. The summed E-state index contributed by atoms with van der Waals surface area (Å²) in [6, 6.07) is 10.6. The van der Waals surface area contributed by atoms with Crippen LogP contribution in [0.15, 0.2) is 36.5 Å². The van der Waals surface area contributed by atoms with Crippen molar-refractivity contribution in [1.29, 1.82) is 0 Å². The normalized spacial score (nSPS) is 10.8. The van der Waals surface area contributed by atoms with E-state index in [1.54, 1.807) is 0 Å². The Morgan fingerprint density at radius 2 is 2.00 bits per heavy atom. The predicted molar refractivity (Wildman–Crippen MR) is 55.7 cm³/mol. The number of rotatable bonds is 2. The standard InChI is InChI=1S/C10H10BrN/c11-6-8-12-7-5-9-3-1-2-4-10(9)12/h1-5,7H,6,8H2. The maximum absolute atomic E-state index is 3.44. The van der Waals surface area contributed by atoms with E-state index in [-0.39, 0.29) is 0 Å². The number of alkyl halides is 1. The molecule has 2 aromatic rings. The van der Waals surface area contributed by atoms with E-state index in [9.17, 15) is 0 Å². The largest absolute Gasteiger partial charge is 0.347 e. The second kappa shape index (κ2) is 3.31. The van der Waals surface area contributed by atoms with Gasteiger partial charge in [-0.3, -0.25) is 0 Å². The Kier molecular flexibility index (Phi) is 2.17. The zero-order chi connectivity index (χ0) is 8.39. The highest BCUT2D eigenvalue weighted by atomic mass is 79.9. The molecular formula is C10H10BrN. The van der Waals surface area contributed by atoms with E-state index < -0.39 is 0 Å². The molecule has 62 valence electrons. The highest BCUT2D eigenvalue weighted by Gasteiger charge is 1.96. The van der Waals surface area contributed by atoms with Crippen molar-refractivity contribution in [3.63, 3.8) is 0 Å². The molecule has 0 saturated heterocycles. The minimum absolute atomic E-state index is 1.01. The fourth-order valence-electron chi connectivity index (χ4n) is 1.43. The van der Waals surface area contributed by atoms with Crippen molar-refractivity contribution in [3.8, 4) is 0 Å². The van der Waals surface area contributed by atoms with Crippen LogP contribution in [0.3, 0.4) is 0 Å². The summed E-state index contributed by atoms with van der Waals surface area (Å²) in [5, 5.41) is 2.32. The van der Waals surface area contributed by atoms with Crippen molar-refractivity contribution in [1.82, 2.24) is 4.57 Å². The smallest absolute Gasteiger partial charge is 0.0480 e. The number of hydrogen-bond donors (Lipinski definition) is 0. The molecule has 1 nitrogen and oxygen atoms in total. The minimum atomic E-state index is 1.01. The van der Waals surface area contributed by atoms with E-state index in [0.717, 1.165) is 11.9 Å². The fourth-order valence-corrected chi connectivity index (χ4v) is 1.81. The highest BCUT2D eigenvalue weighted by molar-refractivity contribution is 9.09. The van der Waals surface area contributed by atoms with Crippen LogP contribution in [0.25, 0.3) is 10.9 Å². The Hall–Kier alpha value is -0.760. The molecule has 1 heterocycles. The lowest BCUT2D eigenvalue weighted by Crippen LogP contribution is -1.95. The third kappa shape index (κ3) is 1.27. The topological polar surface area (TPSA) is 4.93 Å². The van der Waals surface area contributed by atoms with Crippen molar-refractivity contribution >= 4 is 26.8 Å². The van der Waals surface area contributed by atoms with Gasteiger partial charge in [-0.15, -0.1) is 0 Å². The van der Waals surface area contributed by atoms with Crippen molar-refractivity contribution in [2.24, 2.45) is 0 Å². The molecule has 2 heteroatoms. The Morgan fingerprint density at radius 3 is 2.83 bits per heavy atom. The van der Waals surface area contributed by atoms with Crippen LogP contribution in [0.5, 0.6) is 0 Å². The van der Waals surface area contributed by atoms with Crippen LogP contribution < -0.4 is 0 Å². The van der Waals surface area contributed by atoms with Crippen LogP contribution in [0.1, 0.15) is 0 Å². The number of para-hydroxylation sites is 1. The van der Waals surface area contributed by atoms with Gasteiger partial charge >= 0.3 is 0 Å². The predicted octanol–water partition coefficient (Wildman–Crippen LogP) is 3.04. The minimum Gasteiger partial charge on any atom is -0.347 e. The zero-order valence-corrected chi connectivity index (χ0v) is 8.29. The van der Waals surface area contributed by atoms with E-state index in [1.165, 1.54) is 10.9 Å². The molecule has 1 aromatic carbocycles. The van der Waals surface area contributed by atoms with Crippen molar-refractivity contribution < 1.29 is 0 Å². The lowest BCUT2D eigenvalue weighted by Gasteiger charge is -2.00. The van der Waals surface area contributed by atoms with Crippen LogP contribution in [0.2, 0.25) is 0 Å². The molecule has 0 bridgehead atoms. The van der Waals surface area contributed by atoms with Crippen molar-refractivity contribution in [2.75, 3.05) is 5.33 Å². The highest BCUT2D eigenvalue weighted by Crippen LogP contribution is 2.14. The SMILES string of the molecule is BrCCn1ccc2ccccc21. The molecule has 1 aromatic heterocycles. The molecule has 0 fully saturated rings. The van der Waals surface area contributed by atoms with E-state index in [2.05, 4.69) is 57.0 Å². The molecular weight excluding hydrogens is 214 g/mol. The number of aryl methyl sites for hydroxylation is 1. The molecule has 0 aliphatic heterocycles. The quantitative estimate of drug-likeness (QED) is 0.691. The van der Waals surface area contributed by atoms with Gasteiger partial charge in [0.15, 0.2) is 0 Å². The van der Waals surface area contributed by atoms with Gasteiger partial charge in [0, 0.05) is 23.6 Å². The maximum atomic E-state index is 3.44. The molecule has 0 atom stereocenters. The Morgan fingerprint density at radius 1 is 1.17 bits per heavy atom. The number of hydrogen-bond acceptors (Lipinski definition) is 0. The summed E-state index contributed by atoms with van der Waals surface area (Å²) in [5.41, 5.74) is 1.32. The molecule has 0 N–H and O–H groups in total. The third-order valence-corrected chi connectivity index (χ3v) is 2.36. The molecule has 0 aliphatic carbocycles. The second-order valence-electron chi connectivity index (χ2n) is 2.76. The fraction of sp³-hybridized carbons (Fsp3) is 0.200. The van der Waals surface area contributed by atoms with E-state index in [4.69, 9.17) is 0 Å². The van der Waals surface area contributed by atoms with E-state index >= 15 is 0 Å². The molecule has 12 heavy (non-hydrogen) atoms. The van der Waals surface area contributed by atoms with Gasteiger partial charge in [0.2, 0.25) is 0 Å². The number of halogens is 1. The number of nitrogens with zero attached hydrogens (tertiary/aromatic N) is 1. The van der Waals surface area contributed by atoms with Gasteiger partial charge < -0.3 is 4.57 Å². The average Bonchev–Trinajstić information content (AvgIpc) is 2.50. The monoisotopic (exact) mass is 223 g/mol. The number of benzene rings is 1. The summed E-state index contributed by atoms with van der Waals surface area (Å²) in [6.07, 6.45) is 2.13. The lowest BCUT2D eigenvalue weighted by molar-refractivity contribution is 0.812.